The molecule has 0 saturated heterocycles. The van der Waals surface area contributed by atoms with E-state index in [1.54, 1.807) is 12.4 Å². The SMILES string of the molecule is CC1(C)CCC(O)(CNc2ncc(Cl)cn2)CC1. The molecule has 0 bridgehead atoms. The van der Waals surface area contributed by atoms with Crippen molar-refractivity contribution >= 4 is 17.5 Å². The van der Waals surface area contributed by atoms with Crippen molar-refractivity contribution in [3.63, 3.8) is 0 Å². The highest BCUT2D eigenvalue weighted by molar-refractivity contribution is 6.30. The second-order valence-corrected chi connectivity index (χ2v) is 6.40. The third-order valence-electron chi connectivity index (χ3n) is 3.73. The minimum absolute atomic E-state index is 0.350. The molecule has 1 fully saturated rings. The topological polar surface area (TPSA) is 58.0 Å². The fraction of sp³-hybridized carbons (Fsp3) is 0.692. The lowest BCUT2D eigenvalue weighted by atomic mass is 9.71. The van der Waals surface area contributed by atoms with Crippen molar-refractivity contribution in [2.45, 2.75) is 45.1 Å². The van der Waals surface area contributed by atoms with Gasteiger partial charge in [-0.3, -0.25) is 0 Å². The van der Waals surface area contributed by atoms with Crippen molar-refractivity contribution < 1.29 is 5.11 Å². The Bertz CT molecular complexity index is 395. The monoisotopic (exact) mass is 269 g/mol. The van der Waals surface area contributed by atoms with Crippen LogP contribution in [0.1, 0.15) is 39.5 Å². The minimum atomic E-state index is -0.640. The Kier molecular flexibility index (Phi) is 3.78. The largest absolute Gasteiger partial charge is 0.388 e. The number of nitrogens with one attached hydrogen (secondary N) is 1. The van der Waals surface area contributed by atoms with Gasteiger partial charge in [0.2, 0.25) is 5.95 Å². The third kappa shape index (κ3) is 3.56. The number of hydrogen-bond acceptors (Lipinski definition) is 4. The molecule has 1 aliphatic carbocycles. The van der Waals surface area contributed by atoms with Crippen LogP contribution in [0.2, 0.25) is 5.02 Å². The summed E-state index contributed by atoms with van der Waals surface area (Å²) >= 11 is 5.72. The van der Waals surface area contributed by atoms with E-state index in [1.807, 2.05) is 0 Å². The van der Waals surface area contributed by atoms with E-state index >= 15 is 0 Å². The Morgan fingerprint density at radius 2 is 1.78 bits per heavy atom. The van der Waals surface area contributed by atoms with Crippen LogP contribution in [-0.4, -0.2) is 27.2 Å². The van der Waals surface area contributed by atoms with Gasteiger partial charge in [-0.2, -0.15) is 0 Å². The maximum absolute atomic E-state index is 10.5. The van der Waals surface area contributed by atoms with Gasteiger partial charge in [0.05, 0.1) is 23.0 Å². The summed E-state index contributed by atoms with van der Waals surface area (Å²) in [6.07, 6.45) is 6.83. The zero-order valence-corrected chi connectivity index (χ0v) is 11.7. The second kappa shape index (κ2) is 5.02. The van der Waals surface area contributed by atoms with Crippen LogP contribution in [0.3, 0.4) is 0 Å². The third-order valence-corrected chi connectivity index (χ3v) is 3.93. The van der Waals surface area contributed by atoms with Gasteiger partial charge in [0.15, 0.2) is 0 Å². The number of halogens is 1. The summed E-state index contributed by atoms with van der Waals surface area (Å²) in [5, 5.41) is 14.1. The van der Waals surface area contributed by atoms with E-state index in [9.17, 15) is 5.11 Å². The summed E-state index contributed by atoms with van der Waals surface area (Å²) in [7, 11) is 0. The van der Waals surface area contributed by atoms with Crippen molar-refractivity contribution in [2.75, 3.05) is 11.9 Å². The van der Waals surface area contributed by atoms with Gasteiger partial charge < -0.3 is 10.4 Å². The summed E-state index contributed by atoms with van der Waals surface area (Å²) in [6, 6.07) is 0. The Morgan fingerprint density at radius 1 is 1.22 bits per heavy atom. The van der Waals surface area contributed by atoms with E-state index in [0.717, 1.165) is 25.7 Å². The maximum atomic E-state index is 10.5. The Hall–Kier alpha value is -0.870. The highest BCUT2D eigenvalue weighted by Gasteiger charge is 2.36. The minimum Gasteiger partial charge on any atom is -0.388 e. The molecule has 0 radical (unpaired) electrons. The highest BCUT2D eigenvalue weighted by atomic mass is 35.5. The quantitative estimate of drug-likeness (QED) is 0.886. The summed E-state index contributed by atoms with van der Waals surface area (Å²) in [5.41, 5.74) is -0.290. The number of anilines is 1. The predicted molar refractivity (Wildman–Crippen MR) is 72.7 cm³/mol. The first kappa shape index (κ1) is 13.6. The molecular weight excluding hydrogens is 250 g/mol. The predicted octanol–water partition coefficient (Wildman–Crippen LogP) is 2.87. The standard InChI is InChI=1S/C13H20ClN3O/c1-12(2)3-5-13(18,6-4-12)9-17-11-15-7-10(14)8-16-11/h7-8,18H,3-6,9H2,1-2H3,(H,15,16,17). The smallest absolute Gasteiger partial charge is 0.222 e. The highest BCUT2D eigenvalue weighted by Crippen LogP contribution is 2.40. The Labute approximate surface area is 113 Å². The molecule has 1 aliphatic rings. The fourth-order valence-electron chi connectivity index (χ4n) is 2.22. The molecular formula is C13H20ClN3O. The molecule has 1 aromatic rings. The maximum Gasteiger partial charge on any atom is 0.222 e. The van der Waals surface area contributed by atoms with Crippen LogP contribution in [0.25, 0.3) is 0 Å². The molecule has 0 unspecified atom stereocenters. The van der Waals surface area contributed by atoms with Crippen LogP contribution in [0.5, 0.6) is 0 Å². The van der Waals surface area contributed by atoms with Gasteiger partial charge in [0, 0.05) is 6.54 Å². The zero-order valence-electron chi connectivity index (χ0n) is 10.9. The van der Waals surface area contributed by atoms with Gasteiger partial charge in [0.25, 0.3) is 0 Å². The molecule has 18 heavy (non-hydrogen) atoms. The molecule has 0 aromatic carbocycles. The van der Waals surface area contributed by atoms with Crippen LogP contribution >= 0.6 is 11.6 Å². The second-order valence-electron chi connectivity index (χ2n) is 5.97. The van der Waals surface area contributed by atoms with Crippen LogP contribution < -0.4 is 5.32 Å². The van der Waals surface area contributed by atoms with E-state index in [2.05, 4.69) is 29.1 Å². The lowest BCUT2D eigenvalue weighted by Crippen LogP contribution is -2.42. The van der Waals surface area contributed by atoms with Crippen molar-refractivity contribution in [3.05, 3.63) is 17.4 Å². The van der Waals surface area contributed by atoms with E-state index in [4.69, 9.17) is 11.6 Å². The van der Waals surface area contributed by atoms with Gasteiger partial charge in [-0.05, 0) is 31.1 Å². The molecule has 0 aliphatic heterocycles. The number of nitrogens with zero attached hydrogens (tertiary/aromatic N) is 2. The van der Waals surface area contributed by atoms with E-state index in [-0.39, 0.29) is 0 Å². The molecule has 100 valence electrons. The number of aromatic nitrogens is 2. The van der Waals surface area contributed by atoms with Crippen LogP contribution in [0.15, 0.2) is 12.4 Å². The van der Waals surface area contributed by atoms with Gasteiger partial charge in [-0.25, -0.2) is 9.97 Å². The van der Waals surface area contributed by atoms with E-state index in [1.165, 1.54) is 0 Å². The molecule has 2 rings (SSSR count). The average Bonchev–Trinajstić information content (AvgIpc) is 2.33. The lowest BCUT2D eigenvalue weighted by molar-refractivity contribution is -0.0146. The molecule has 0 spiro atoms. The average molecular weight is 270 g/mol. The lowest BCUT2D eigenvalue weighted by Gasteiger charge is -2.40. The number of aliphatic hydroxyl groups is 1. The Balaban J connectivity index is 1.88. The van der Waals surface area contributed by atoms with Crippen molar-refractivity contribution in [2.24, 2.45) is 5.41 Å². The number of hydrogen-bond donors (Lipinski definition) is 2. The van der Waals surface area contributed by atoms with Crippen LogP contribution in [0.4, 0.5) is 5.95 Å². The zero-order chi connectivity index (χ0) is 13.2. The molecule has 5 heteroatoms. The van der Waals surface area contributed by atoms with Crippen molar-refractivity contribution in [1.82, 2.24) is 9.97 Å². The molecule has 2 N–H and O–H groups in total. The fourth-order valence-corrected chi connectivity index (χ4v) is 2.31. The summed E-state index contributed by atoms with van der Waals surface area (Å²) < 4.78 is 0. The summed E-state index contributed by atoms with van der Waals surface area (Å²) in [4.78, 5) is 8.11. The van der Waals surface area contributed by atoms with Gasteiger partial charge >= 0.3 is 0 Å². The van der Waals surface area contributed by atoms with E-state index < -0.39 is 5.60 Å². The van der Waals surface area contributed by atoms with E-state index in [0.29, 0.717) is 22.9 Å². The molecule has 1 saturated carbocycles. The first-order valence-corrected chi connectivity index (χ1v) is 6.70. The van der Waals surface area contributed by atoms with Gasteiger partial charge in [-0.1, -0.05) is 25.4 Å². The number of rotatable bonds is 3. The molecule has 0 atom stereocenters. The van der Waals surface area contributed by atoms with Crippen LogP contribution in [-0.2, 0) is 0 Å². The molecule has 0 amide bonds. The normalized spacial score (nSPS) is 21.6. The molecule has 1 aromatic heterocycles. The first-order valence-electron chi connectivity index (χ1n) is 6.32. The summed E-state index contributed by atoms with van der Waals surface area (Å²) in [6.45, 7) is 5.00. The molecule has 1 heterocycles. The Morgan fingerprint density at radius 3 is 2.33 bits per heavy atom. The van der Waals surface area contributed by atoms with Crippen LogP contribution in [0, 0.1) is 5.41 Å². The first-order chi connectivity index (χ1) is 8.39. The van der Waals surface area contributed by atoms with Crippen molar-refractivity contribution in [3.8, 4) is 0 Å². The van der Waals surface area contributed by atoms with Gasteiger partial charge in [0.1, 0.15) is 0 Å². The van der Waals surface area contributed by atoms with Crippen molar-refractivity contribution in [1.29, 1.82) is 0 Å². The van der Waals surface area contributed by atoms with Gasteiger partial charge in [-0.15, -0.1) is 0 Å². The molecule has 4 nitrogen and oxygen atoms in total. The summed E-state index contributed by atoms with van der Waals surface area (Å²) in [5.74, 6) is 0.512.